The number of hydrogen-bond acceptors (Lipinski definition) is 3. The van der Waals surface area contributed by atoms with Gasteiger partial charge in [-0.2, -0.15) is 0 Å². The molecule has 0 radical (unpaired) electrons. The Bertz CT molecular complexity index is 305. The van der Waals surface area contributed by atoms with Crippen molar-refractivity contribution < 1.29 is 9.59 Å². The monoisotopic (exact) mass is 215 g/mol. The van der Waals surface area contributed by atoms with Crippen LogP contribution in [0.1, 0.15) is 20.3 Å². The van der Waals surface area contributed by atoms with E-state index in [0.29, 0.717) is 6.42 Å². The molecule has 1 rings (SSSR count). The first-order valence-electron chi connectivity index (χ1n) is 4.33. The molecule has 1 atom stereocenters. The van der Waals surface area contributed by atoms with Gasteiger partial charge in [-0.3, -0.25) is 9.69 Å². The van der Waals surface area contributed by atoms with Crippen LogP contribution in [0, 0.1) is 0 Å². The van der Waals surface area contributed by atoms with Gasteiger partial charge in [0.1, 0.15) is 5.54 Å². The van der Waals surface area contributed by atoms with E-state index in [1.165, 1.54) is 0 Å². The lowest BCUT2D eigenvalue weighted by Gasteiger charge is -2.18. The van der Waals surface area contributed by atoms with E-state index in [1.54, 1.807) is 6.92 Å². The first-order valence-corrected chi connectivity index (χ1v) is 4.74. The van der Waals surface area contributed by atoms with E-state index < -0.39 is 11.6 Å². The van der Waals surface area contributed by atoms with Gasteiger partial charge in [0.25, 0.3) is 5.91 Å². The lowest BCUT2D eigenvalue weighted by Crippen LogP contribution is -2.43. The van der Waals surface area contributed by atoms with Crippen LogP contribution in [0.5, 0.6) is 0 Å². The van der Waals surface area contributed by atoms with E-state index in [2.05, 4.69) is 17.5 Å². The zero-order chi connectivity index (χ0) is 10.9. The summed E-state index contributed by atoms with van der Waals surface area (Å²) < 4.78 is 0. The standard InChI is InChI=1S/C8H13N3O2S/c1-3-8(2)6(12)11(4-5(9)14)7(13)10-8/h3-4H2,1-2H3,(H2,9,14)(H,10,13). The second-order valence-corrected chi connectivity index (χ2v) is 4.00. The van der Waals surface area contributed by atoms with E-state index >= 15 is 0 Å². The highest BCUT2D eigenvalue weighted by atomic mass is 32.1. The molecule has 0 bridgehead atoms. The fourth-order valence-corrected chi connectivity index (χ4v) is 1.42. The van der Waals surface area contributed by atoms with Gasteiger partial charge in [0.2, 0.25) is 0 Å². The van der Waals surface area contributed by atoms with Crippen LogP contribution in [0.15, 0.2) is 0 Å². The lowest BCUT2D eigenvalue weighted by atomic mass is 9.99. The van der Waals surface area contributed by atoms with Crippen LogP contribution < -0.4 is 11.1 Å². The smallest absolute Gasteiger partial charge is 0.325 e. The number of thiocarbonyl (C=S) groups is 1. The van der Waals surface area contributed by atoms with Crippen molar-refractivity contribution in [1.82, 2.24) is 10.2 Å². The Balaban J connectivity index is 2.86. The maximum Gasteiger partial charge on any atom is 0.325 e. The Morgan fingerprint density at radius 2 is 2.21 bits per heavy atom. The molecule has 0 aromatic heterocycles. The van der Waals surface area contributed by atoms with Gasteiger partial charge < -0.3 is 11.1 Å². The van der Waals surface area contributed by atoms with Crippen LogP contribution in [0.4, 0.5) is 4.79 Å². The molecule has 1 fully saturated rings. The minimum atomic E-state index is -0.804. The maximum atomic E-state index is 11.7. The third kappa shape index (κ3) is 1.70. The van der Waals surface area contributed by atoms with Gasteiger partial charge in [0.15, 0.2) is 0 Å². The molecule has 5 nitrogen and oxygen atoms in total. The van der Waals surface area contributed by atoms with Crippen molar-refractivity contribution in [2.45, 2.75) is 25.8 Å². The van der Waals surface area contributed by atoms with Gasteiger partial charge in [-0.15, -0.1) is 0 Å². The molecule has 6 heteroatoms. The highest BCUT2D eigenvalue weighted by molar-refractivity contribution is 7.80. The molecule has 3 N–H and O–H groups in total. The third-order valence-corrected chi connectivity index (χ3v) is 2.50. The predicted molar refractivity (Wildman–Crippen MR) is 55.7 cm³/mol. The molecule has 1 aliphatic heterocycles. The van der Waals surface area contributed by atoms with Gasteiger partial charge in [-0.05, 0) is 13.3 Å². The molecule has 0 saturated carbocycles. The number of nitrogens with one attached hydrogen (secondary N) is 1. The average molecular weight is 215 g/mol. The first-order chi connectivity index (χ1) is 6.40. The Hall–Kier alpha value is -1.17. The normalized spacial score (nSPS) is 26.6. The molecule has 78 valence electrons. The molecule has 0 spiro atoms. The van der Waals surface area contributed by atoms with Gasteiger partial charge in [-0.25, -0.2) is 4.79 Å². The zero-order valence-electron chi connectivity index (χ0n) is 8.16. The highest BCUT2D eigenvalue weighted by Crippen LogP contribution is 2.20. The summed E-state index contributed by atoms with van der Waals surface area (Å²) >= 11 is 4.65. The van der Waals surface area contributed by atoms with Crippen molar-refractivity contribution in [2.24, 2.45) is 5.73 Å². The number of imide groups is 1. The van der Waals surface area contributed by atoms with Crippen molar-refractivity contribution >= 4 is 29.1 Å². The second kappa shape index (κ2) is 3.53. The molecule has 3 amide bonds. The molecule has 1 unspecified atom stereocenters. The lowest BCUT2D eigenvalue weighted by molar-refractivity contribution is -0.130. The molecular weight excluding hydrogens is 202 g/mol. The quantitative estimate of drug-likeness (QED) is 0.513. The predicted octanol–water partition coefficient (Wildman–Crippen LogP) is -0.00700. The molecule has 0 aliphatic carbocycles. The number of nitrogens with zero attached hydrogens (tertiary/aromatic N) is 1. The van der Waals surface area contributed by atoms with Crippen LogP contribution in [-0.2, 0) is 4.79 Å². The summed E-state index contributed by atoms with van der Waals surface area (Å²) in [5.41, 5.74) is 4.48. The minimum Gasteiger partial charge on any atom is -0.392 e. The molecule has 1 heterocycles. The Kier molecular flexibility index (Phi) is 2.75. The van der Waals surface area contributed by atoms with Crippen molar-refractivity contribution in [3.63, 3.8) is 0 Å². The molecule has 1 saturated heterocycles. The van der Waals surface area contributed by atoms with Crippen LogP contribution in [-0.4, -0.2) is 33.9 Å². The van der Waals surface area contributed by atoms with E-state index in [1.807, 2.05) is 6.92 Å². The SMILES string of the molecule is CCC1(C)NC(=O)N(CC(N)=S)C1=O. The minimum absolute atomic E-state index is 0.00951. The summed E-state index contributed by atoms with van der Waals surface area (Å²) in [5, 5.41) is 2.61. The molecular formula is C8H13N3O2S. The highest BCUT2D eigenvalue weighted by Gasteiger charge is 2.46. The average Bonchev–Trinajstić information content (AvgIpc) is 2.30. The van der Waals surface area contributed by atoms with Gasteiger partial charge in [-0.1, -0.05) is 19.1 Å². The van der Waals surface area contributed by atoms with Gasteiger partial charge in [0.05, 0.1) is 11.5 Å². The van der Waals surface area contributed by atoms with E-state index in [9.17, 15) is 9.59 Å². The molecule has 14 heavy (non-hydrogen) atoms. The summed E-state index contributed by atoms with van der Waals surface area (Å²) in [6, 6.07) is -0.424. The largest absolute Gasteiger partial charge is 0.392 e. The Morgan fingerprint density at radius 3 is 2.57 bits per heavy atom. The van der Waals surface area contributed by atoms with E-state index in [0.717, 1.165) is 4.90 Å². The number of urea groups is 1. The Morgan fingerprint density at radius 1 is 1.64 bits per heavy atom. The van der Waals surface area contributed by atoms with Crippen LogP contribution in [0.3, 0.4) is 0 Å². The van der Waals surface area contributed by atoms with Crippen molar-refractivity contribution in [3.05, 3.63) is 0 Å². The van der Waals surface area contributed by atoms with Crippen LogP contribution in [0.2, 0.25) is 0 Å². The van der Waals surface area contributed by atoms with E-state index in [4.69, 9.17) is 5.73 Å². The van der Waals surface area contributed by atoms with Crippen LogP contribution in [0.25, 0.3) is 0 Å². The number of hydrogen-bond donors (Lipinski definition) is 2. The number of rotatable bonds is 3. The van der Waals surface area contributed by atoms with Gasteiger partial charge in [0, 0.05) is 0 Å². The summed E-state index contributed by atoms with van der Waals surface area (Å²) in [6.45, 7) is 3.53. The first kappa shape index (κ1) is 10.9. The number of carbonyl (C=O) groups excluding carboxylic acids is 2. The van der Waals surface area contributed by atoms with Crippen molar-refractivity contribution in [2.75, 3.05) is 6.54 Å². The summed E-state index contributed by atoms with van der Waals surface area (Å²) in [6.07, 6.45) is 0.547. The van der Waals surface area contributed by atoms with Crippen molar-refractivity contribution in [3.8, 4) is 0 Å². The number of nitrogens with two attached hydrogens (primary N) is 1. The summed E-state index contributed by atoms with van der Waals surface area (Å²) in [4.78, 5) is 24.3. The summed E-state index contributed by atoms with van der Waals surface area (Å²) in [7, 11) is 0. The fraction of sp³-hybridized carbons (Fsp3) is 0.625. The topological polar surface area (TPSA) is 75.4 Å². The van der Waals surface area contributed by atoms with Crippen LogP contribution >= 0.6 is 12.2 Å². The maximum absolute atomic E-state index is 11.7. The molecule has 1 aliphatic rings. The van der Waals surface area contributed by atoms with Crippen molar-refractivity contribution in [1.29, 1.82) is 0 Å². The molecule has 0 aromatic rings. The molecule has 0 aromatic carbocycles. The Labute approximate surface area is 87.6 Å². The van der Waals surface area contributed by atoms with Gasteiger partial charge >= 0.3 is 6.03 Å². The zero-order valence-corrected chi connectivity index (χ0v) is 8.98. The fourth-order valence-electron chi connectivity index (χ4n) is 1.29. The second-order valence-electron chi connectivity index (χ2n) is 3.47. The number of amides is 3. The number of carbonyl (C=O) groups is 2. The third-order valence-electron chi connectivity index (χ3n) is 2.37. The summed E-state index contributed by atoms with van der Waals surface area (Å²) in [5.74, 6) is -0.266. The van der Waals surface area contributed by atoms with E-state index in [-0.39, 0.29) is 17.4 Å².